The van der Waals surface area contributed by atoms with Gasteiger partial charge in [0.2, 0.25) is 0 Å². The van der Waals surface area contributed by atoms with Crippen molar-refractivity contribution in [1.29, 1.82) is 0 Å². The number of ether oxygens (including phenoxy) is 1. The van der Waals surface area contributed by atoms with Crippen molar-refractivity contribution in [2.75, 3.05) is 13.1 Å². The van der Waals surface area contributed by atoms with E-state index in [1.54, 1.807) is 0 Å². The van der Waals surface area contributed by atoms with Gasteiger partial charge in [-0.25, -0.2) is 0 Å². The number of nitrogens with one attached hydrogen (secondary N) is 1. The maximum Gasteiger partial charge on any atom is 0.416 e. The van der Waals surface area contributed by atoms with Gasteiger partial charge in [-0.2, -0.15) is 13.2 Å². The molecule has 2 rings (SSSR count). The third-order valence-electron chi connectivity index (χ3n) is 3.18. The van der Waals surface area contributed by atoms with E-state index in [1.807, 2.05) is 0 Å². The summed E-state index contributed by atoms with van der Waals surface area (Å²) >= 11 is 0. The van der Waals surface area contributed by atoms with Crippen molar-refractivity contribution < 1.29 is 17.9 Å². The zero-order valence-corrected chi connectivity index (χ0v) is 10.1. The largest absolute Gasteiger partial charge is 0.490 e. The van der Waals surface area contributed by atoms with Crippen molar-refractivity contribution in [1.82, 2.24) is 5.32 Å². The Hall–Kier alpha value is -1.23. The molecule has 18 heavy (non-hydrogen) atoms. The summed E-state index contributed by atoms with van der Waals surface area (Å²) in [4.78, 5) is 0. The van der Waals surface area contributed by atoms with E-state index in [0.717, 1.165) is 31.6 Å². The molecule has 5 heteroatoms. The average molecular weight is 259 g/mol. The summed E-state index contributed by atoms with van der Waals surface area (Å²) in [6.45, 7) is 3.84. The average Bonchev–Trinajstić information content (AvgIpc) is 2.32. The summed E-state index contributed by atoms with van der Waals surface area (Å²) in [6, 6.07) is 4.89. The van der Waals surface area contributed by atoms with Crippen molar-refractivity contribution in [3.8, 4) is 5.75 Å². The highest BCUT2D eigenvalue weighted by molar-refractivity contribution is 5.29. The zero-order chi connectivity index (χ0) is 13.2. The number of hydrogen-bond donors (Lipinski definition) is 1. The van der Waals surface area contributed by atoms with Crippen LogP contribution in [0.1, 0.15) is 18.9 Å². The van der Waals surface area contributed by atoms with Crippen LogP contribution >= 0.6 is 0 Å². The van der Waals surface area contributed by atoms with E-state index < -0.39 is 11.7 Å². The first-order chi connectivity index (χ1) is 8.47. The maximum absolute atomic E-state index is 12.4. The first-order valence-corrected chi connectivity index (χ1v) is 6.01. The van der Waals surface area contributed by atoms with Gasteiger partial charge in [-0.15, -0.1) is 0 Å². The van der Waals surface area contributed by atoms with Gasteiger partial charge in [-0.3, -0.25) is 0 Å². The van der Waals surface area contributed by atoms with E-state index in [1.165, 1.54) is 12.1 Å². The molecule has 0 saturated carbocycles. The van der Waals surface area contributed by atoms with Crippen LogP contribution in [-0.4, -0.2) is 19.2 Å². The molecule has 1 saturated heterocycles. The van der Waals surface area contributed by atoms with Gasteiger partial charge in [0.25, 0.3) is 0 Å². The number of piperidine rings is 1. The summed E-state index contributed by atoms with van der Waals surface area (Å²) in [5.41, 5.74) is -0.645. The first-order valence-electron chi connectivity index (χ1n) is 6.01. The lowest BCUT2D eigenvalue weighted by molar-refractivity contribution is -0.137. The molecule has 0 amide bonds. The Labute approximate surface area is 104 Å². The monoisotopic (exact) mass is 259 g/mol. The van der Waals surface area contributed by atoms with E-state index in [0.29, 0.717) is 11.7 Å². The van der Waals surface area contributed by atoms with Gasteiger partial charge in [0.15, 0.2) is 0 Å². The number of rotatable bonds is 2. The van der Waals surface area contributed by atoms with Crippen molar-refractivity contribution in [2.45, 2.75) is 25.6 Å². The van der Waals surface area contributed by atoms with Crippen LogP contribution in [0.3, 0.4) is 0 Å². The van der Waals surface area contributed by atoms with Gasteiger partial charge < -0.3 is 10.1 Å². The normalized spacial score (nSPS) is 24.9. The molecule has 0 unspecified atom stereocenters. The van der Waals surface area contributed by atoms with E-state index in [-0.39, 0.29) is 6.10 Å². The van der Waals surface area contributed by atoms with Gasteiger partial charge in [0.05, 0.1) is 5.56 Å². The highest BCUT2D eigenvalue weighted by Crippen LogP contribution is 2.30. The predicted octanol–water partition coefficient (Wildman–Crippen LogP) is 3.08. The molecule has 0 bridgehead atoms. The SMILES string of the molecule is C[C@H]1CNCC[C@H]1Oc1ccc(C(F)(F)F)cc1. The smallest absolute Gasteiger partial charge is 0.416 e. The molecule has 1 aromatic rings. The Morgan fingerprint density at radius 2 is 1.89 bits per heavy atom. The topological polar surface area (TPSA) is 21.3 Å². The molecule has 0 spiro atoms. The number of alkyl halides is 3. The van der Waals surface area contributed by atoms with Crippen LogP contribution in [-0.2, 0) is 6.18 Å². The van der Waals surface area contributed by atoms with Gasteiger partial charge in [-0.05, 0) is 37.2 Å². The molecular weight excluding hydrogens is 243 g/mol. The van der Waals surface area contributed by atoms with E-state index in [2.05, 4.69) is 12.2 Å². The third kappa shape index (κ3) is 3.16. The summed E-state index contributed by atoms with van der Waals surface area (Å²) in [6.07, 6.45) is -3.34. The molecule has 100 valence electrons. The van der Waals surface area contributed by atoms with E-state index in [9.17, 15) is 13.2 Å². The first kappa shape index (κ1) is 13.2. The van der Waals surface area contributed by atoms with Gasteiger partial charge >= 0.3 is 6.18 Å². The Bertz CT molecular complexity index is 388. The molecule has 1 fully saturated rings. The van der Waals surface area contributed by atoms with Crippen LogP contribution in [0.2, 0.25) is 0 Å². The van der Waals surface area contributed by atoms with Gasteiger partial charge in [0, 0.05) is 12.5 Å². The lowest BCUT2D eigenvalue weighted by atomic mass is 9.98. The maximum atomic E-state index is 12.4. The van der Waals surface area contributed by atoms with E-state index in [4.69, 9.17) is 4.74 Å². The molecule has 2 atom stereocenters. The Morgan fingerprint density at radius 1 is 1.22 bits per heavy atom. The van der Waals surface area contributed by atoms with Crippen molar-refractivity contribution in [3.05, 3.63) is 29.8 Å². The summed E-state index contributed by atoms with van der Waals surface area (Å²) in [5.74, 6) is 0.864. The fraction of sp³-hybridized carbons (Fsp3) is 0.538. The highest BCUT2D eigenvalue weighted by atomic mass is 19.4. The second kappa shape index (κ2) is 5.18. The van der Waals surface area contributed by atoms with Crippen LogP contribution in [0.5, 0.6) is 5.75 Å². The lowest BCUT2D eigenvalue weighted by Gasteiger charge is -2.30. The fourth-order valence-electron chi connectivity index (χ4n) is 2.06. The molecule has 0 aliphatic carbocycles. The minimum absolute atomic E-state index is 0.0722. The van der Waals surface area contributed by atoms with Crippen molar-refractivity contribution in [3.63, 3.8) is 0 Å². The molecule has 1 aromatic carbocycles. The van der Waals surface area contributed by atoms with Crippen molar-refractivity contribution in [2.24, 2.45) is 5.92 Å². The highest BCUT2D eigenvalue weighted by Gasteiger charge is 2.30. The van der Waals surface area contributed by atoms with Crippen molar-refractivity contribution >= 4 is 0 Å². The van der Waals surface area contributed by atoms with Crippen LogP contribution in [0, 0.1) is 5.92 Å². The zero-order valence-electron chi connectivity index (χ0n) is 10.1. The Kier molecular flexibility index (Phi) is 3.80. The Balaban J connectivity index is 2.02. The van der Waals surface area contributed by atoms with Crippen LogP contribution in [0.25, 0.3) is 0 Å². The molecular formula is C13H16F3NO. The lowest BCUT2D eigenvalue weighted by Crippen LogP contribution is -2.41. The number of halogens is 3. The molecule has 0 aromatic heterocycles. The second-order valence-corrected chi connectivity index (χ2v) is 4.65. The summed E-state index contributed by atoms with van der Waals surface area (Å²) in [7, 11) is 0. The molecule has 1 aliphatic heterocycles. The second-order valence-electron chi connectivity index (χ2n) is 4.65. The molecule has 1 N–H and O–H groups in total. The Morgan fingerprint density at radius 3 is 2.44 bits per heavy atom. The van der Waals surface area contributed by atoms with E-state index >= 15 is 0 Å². The summed E-state index contributed by atoms with van der Waals surface area (Å²) in [5, 5.41) is 3.25. The number of hydrogen-bond acceptors (Lipinski definition) is 2. The number of benzene rings is 1. The fourth-order valence-corrected chi connectivity index (χ4v) is 2.06. The molecule has 1 aliphatic rings. The van der Waals surface area contributed by atoms with Crippen LogP contribution in [0.4, 0.5) is 13.2 Å². The molecule has 0 radical (unpaired) electrons. The van der Waals surface area contributed by atoms with Gasteiger partial charge in [0.1, 0.15) is 11.9 Å². The minimum atomic E-state index is -4.29. The molecule has 2 nitrogen and oxygen atoms in total. The minimum Gasteiger partial charge on any atom is -0.490 e. The van der Waals surface area contributed by atoms with Crippen LogP contribution < -0.4 is 10.1 Å². The third-order valence-corrected chi connectivity index (χ3v) is 3.18. The quantitative estimate of drug-likeness (QED) is 0.881. The van der Waals surface area contributed by atoms with Gasteiger partial charge in [-0.1, -0.05) is 6.92 Å². The predicted molar refractivity (Wildman–Crippen MR) is 62.5 cm³/mol. The molecule has 1 heterocycles. The standard InChI is InChI=1S/C13H16F3NO/c1-9-8-17-7-6-12(9)18-11-4-2-10(3-5-11)13(14,15)16/h2-5,9,12,17H,6-8H2,1H3/t9-,12+/m0/s1. The van der Waals surface area contributed by atoms with Crippen LogP contribution in [0.15, 0.2) is 24.3 Å². The summed E-state index contributed by atoms with van der Waals surface area (Å²) < 4.78 is 42.9.